The third kappa shape index (κ3) is 3.11. The number of halogens is 1. The van der Waals surface area contributed by atoms with Crippen molar-refractivity contribution in [2.24, 2.45) is 11.8 Å². The zero-order chi connectivity index (χ0) is 14.9. The van der Waals surface area contributed by atoms with Crippen molar-refractivity contribution < 1.29 is 14.3 Å². The molecule has 0 heterocycles. The zero-order valence-electron chi connectivity index (χ0n) is 12.2. The predicted octanol–water partition coefficient (Wildman–Crippen LogP) is 3.83. The summed E-state index contributed by atoms with van der Waals surface area (Å²) in [7, 11) is 0. The Balaban J connectivity index is 2.31. The number of rotatable bonds is 3. The van der Waals surface area contributed by atoms with Gasteiger partial charge in [-0.1, -0.05) is 13.8 Å². The summed E-state index contributed by atoms with van der Waals surface area (Å²) < 4.78 is 13.5. The number of carboxylic acids is 1. The second kappa shape index (κ2) is 5.43. The first-order valence-corrected chi connectivity index (χ1v) is 7.09. The fraction of sp³-hybridized carbons (Fsp3) is 0.562. The summed E-state index contributed by atoms with van der Waals surface area (Å²) in [4.78, 5) is 11.8. The average Bonchev–Trinajstić information content (AvgIpc) is 2.25. The van der Waals surface area contributed by atoms with E-state index in [9.17, 15) is 14.3 Å². The summed E-state index contributed by atoms with van der Waals surface area (Å²) >= 11 is 0. The number of benzene rings is 1. The molecule has 20 heavy (non-hydrogen) atoms. The molecule has 0 aliphatic heterocycles. The van der Waals surface area contributed by atoms with Crippen LogP contribution in [0.25, 0.3) is 0 Å². The van der Waals surface area contributed by atoms with E-state index in [1.807, 2.05) is 0 Å². The maximum atomic E-state index is 13.5. The second-order valence-corrected chi connectivity index (χ2v) is 6.38. The Labute approximate surface area is 119 Å². The number of hydrogen-bond donors (Lipinski definition) is 2. The molecule has 1 aliphatic carbocycles. The molecule has 110 valence electrons. The fourth-order valence-corrected chi connectivity index (χ4v) is 3.54. The molecule has 3 nitrogen and oxygen atoms in total. The highest BCUT2D eigenvalue weighted by molar-refractivity contribution is 5.83. The van der Waals surface area contributed by atoms with Gasteiger partial charge in [-0.2, -0.15) is 0 Å². The van der Waals surface area contributed by atoms with Gasteiger partial charge in [-0.05, 0) is 61.8 Å². The molecule has 1 aromatic rings. The van der Waals surface area contributed by atoms with Gasteiger partial charge in [0.15, 0.2) is 0 Å². The van der Waals surface area contributed by atoms with Gasteiger partial charge in [0.1, 0.15) is 11.4 Å². The quantitative estimate of drug-likeness (QED) is 0.884. The van der Waals surface area contributed by atoms with Gasteiger partial charge in [0.2, 0.25) is 0 Å². The maximum absolute atomic E-state index is 13.5. The van der Waals surface area contributed by atoms with Crippen molar-refractivity contribution in [1.82, 2.24) is 0 Å². The van der Waals surface area contributed by atoms with Crippen molar-refractivity contribution in [2.45, 2.75) is 45.6 Å². The van der Waals surface area contributed by atoms with Crippen molar-refractivity contribution in [3.63, 3.8) is 0 Å². The van der Waals surface area contributed by atoms with Crippen LogP contribution in [0.5, 0.6) is 0 Å². The Morgan fingerprint density at radius 3 is 2.40 bits per heavy atom. The first-order chi connectivity index (χ1) is 9.30. The minimum atomic E-state index is -0.989. The summed E-state index contributed by atoms with van der Waals surface area (Å²) in [5.41, 5.74) is 0.341. The van der Waals surface area contributed by atoms with E-state index in [0.29, 0.717) is 30.4 Å². The van der Waals surface area contributed by atoms with Gasteiger partial charge in [-0.3, -0.25) is 0 Å². The largest absolute Gasteiger partial charge is 0.480 e. The third-order valence-corrected chi connectivity index (χ3v) is 4.03. The molecule has 2 unspecified atom stereocenters. The summed E-state index contributed by atoms with van der Waals surface area (Å²) in [6.45, 7) is 5.95. The third-order valence-electron chi connectivity index (χ3n) is 4.03. The van der Waals surface area contributed by atoms with E-state index in [2.05, 4.69) is 19.2 Å². The van der Waals surface area contributed by atoms with Gasteiger partial charge >= 0.3 is 5.97 Å². The number of anilines is 1. The van der Waals surface area contributed by atoms with E-state index < -0.39 is 11.5 Å². The van der Waals surface area contributed by atoms with Crippen molar-refractivity contribution in [3.05, 3.63) is 29.6 Å². The average molecular weight is 279 g/mol. The van der Waals surface area contributed by atoms with Crippen LogP contribution in [0.15, 0.2) is 18.2 Å². The van der Waals surface area contributed by atoms with Crippen molar-refractivity contribution in [1.29, 1.82) is 0 Å². The van der Waals surface area contributed by atoms with Gasteiger partial charge in [-0.25, -0.2) is 9.18 Å². The van der Waals surface area contributed by atoms with Crippen LogP contribution in [-0.4, -0.2) is 16.6 Å². The Hall–Kier alpha value is -1.58. The van der Waals surface area contributed by atoms with Crippen LogP contribution in [0.4, 0.5) is 10.1 Å². The molecular weight excluding hydrogens is 257 g/mol. The first-order valence-electron chi connectivity index (χ1n) is 7.09. The van der Waals surface area contributed by atoms with Crippen LogP contribution < -0.4 is 5.32 Å². The molecule has 0 saturated heterocycles. The van der Waals surface area contributed by atoms with Crippen molar-refractivity contribution in [2.75, 3.05) is 5.32 Å². The van der Waals surface area contributed by atoms with Crippen LogP contribution in [0, 0.1) is 24.6 Å². The Morgan fingerprint density at radius 2 is 1.90 bits per heavy atom. The molecule has 0 amide bonds. The topological polar surface area (TPSA) is 49.3 Å². The second-order valence-electron chi connectivity index (χ2n) is 6.38. The van der Waals surface area contributed by atoms with E-state index in [1.165, 1.54) is 12.1 Å². The molecule has 4 heteroatoms. The van der Waals surface area contributed by atoms with E-state index in [-0.39, 0.29) is 5.82 Å². The van der Waals surface area contributed by atoms with Gasteiger partial charge in [-0.15, -0.1) is 0 Å². The molecular formula is C16H22FNO2. The van der Waals surface area contributed by atoms with Gasteiger partial charge in [0.25, 0.3) is 0 Å². The zero-order valence-corrected chi connectivity index (χ0v) is 12.2. The summed E-state index contributed by atoms with van der Waals surface area (Å²) in [6.07, 6.45) is 2.18. The Morgan fingerprint density at radius 1 is 1.30 bits per heavy atom. The van der Waals surface area contributed by atoms with Crippen LogP contribution in [0.2, 0.25) is 0 Å². The summed E-state index contributed by atoms with van der Waals surface area (Å²) in [5, 5.41) is 12.8. The lowest BCUT2D eigenvalue weighted by atomic mass is 9.71. The highest BCUT2D eigenvalue weighted by Gasteiger charge is 2.44. The van der Waals surface area contributed by atoms with Crippen molar-refractivity contribution in [3.8, 4) is 0 Å². The van der Waals surface area contributed by atoms with E-state index in [4.69, 9.17) is 0 Å². The molecule has 1 fully saturated rings. The lowest BCUT2D eigenvalue weighted by Gasteiger charge is -2.41. The number of aryl methyl sites for hydroxylation is 1. The van der Waals surface area contributed by atoms with Gasteiger partial charge in [0, 0.05) is 5.69 Å². The number of aliphatic carboxylic acids is 1. The fourth-order valence-electron chi connectivity index (χ4n) is 3.54. The molecule has 2 atom stereocenters. The minimum absolute atomic E-state index is 0.343. The standard InChI is InChI=1S/C16H22FNO2/c1-10-5-13(17)7-14(6-10)18-16(15(19)20)8-11(2)4-12(3)9-16/h5-7,11-12,18H,4,8-9H2,1-3H3,(H,19,20). The minimum Gasteiger partial charge on any atom is -0.480 e. The lowest BCUT2D eigenvalue weighted by Crippen LogP contribution is -2.51. The smallest absolute Gasteiger partial charge is 0.329 e. The van der Waals surface area contributed by atoms with Crippen LogP contribution in [0.3, 0.4) is 0 Å². The molecule has 1 aromatic carbocycles. The van der Waals surface area contributed by atoms with E-state index >= 15 is 0 Å². The molecule has 0 aromatic heterocycles. The van der Waals surface area contributed by atoms with Crippen molar-refractivity contribution >= 4 is 11.7 Å². The van der Waals surface area contributed by atoms with Gasteiger partial charge < -0.3 is 10.4 Å². The van der Waals surface area contributed by atoms with Crippen LogP contribution >= 0.6 is 0 Å². The first kappa shape index (κ1) is 14.8. The SMILES string of the molecule is Cc1cc(F)cc(NC2(C(=O)O)CC(C)CC(C)C2)c1. The van der Waals surface area contributed by atoms with Crippen LogP contribution in [0.1, 0.15) is 38.7 Å². The summed E-state index contributed by atoms with van der Waals surface area (Å²) in [5.74, 6) is -0.503. The normalized spacial score (nSPS) is 30.0. The summed E-state index contributed by atoms with van der Waals surface area (Å²) in [6, 6.07) is 4.59. The van der Waals surface area contributed by atoms with Crippen LogP contribution in [-0.2, 0) is 4.79 Å². The number of carbonyl (C=O) groups is 1. The maximum Gasteiger partial charge on any atom is 0.329 e. The molecule has 2 N–H and O–H groups in total. The van der Waals surface area contributed by atoms with E-state index in [1.54, 1.807) is 13.0 Å². The molecule has 1 saturated carbocycles. The molecule has 0 bridgehead atoms. The monoisotopic (exact) mass is 279 g/mol. The lowest BCUT2D eigenvalue weighted by molar-refractivity contribution is -0.144. The molecule has 2 rings (SSSR count). The number of nitrogens with one attached hydrogen (secondary N) is 1. The Bertz CT molecular complexity index is 485. The predicted molar refractivity (Wildman–Crippen MR) is 77.3 cm³/mol. The molecule has 0 spiro atoms. The molecule has 0 radical (unpaired) electrons. The van der Waals surface area contributed by atoms with Gasteiger partial charge in [0.05, 0.1) is 0 Å². The number of hydrogen-bond acceptors (Lipinski definition) is 2. The highest BCUT2D eigenvalue weighted by atomic mass is 19.1. The highest BCUT2D eigenvalue weighted by Crippen LogP contribution is 2.38. The van der Waals surface area contributed by atoms with E-state index in [0.717, 1.165) is 12.0 Å². The molecule has 1 aliphatic rings. The number of carboxylic acid groups (broad SMARTS) is 1. The Kier molecular flexibility index (Phi) is 4.02.